The van der Waals surface area contributed by atoms with Gasteiger partial charge >= 0.3 is 22.4 Å². The summed E-state index contributed by atoms with van der Waals surface area (Å²) in [5, 5.41) is 0. The van der Waals surface area contributed by atoms with Crippen molar-refractivity contribution in [3.05, 3.63) is 0 Å². The highest BCUT2D eigenvalue weighted by molar-refractivity contribution is 7.87. The fraction of sp³-hybridized carbons (Fsp3) is 0.833. The molecule has 17 heavy (non-hydrogen) atoms. The first-order valence-electron chi connectivity index (χ1n) is 4.32. The Morgan fingerprint density at radius 1 is 1.41 bits per heavy atom. The molecule has 1 aliphatic heterocycles. The minimum absolute atomic E-state index is 0.0614. The summed E-state index contributed by atoms with van der Waals surface area (Å²) in [5.41, 5.74) is 0. The molecule has 0 saturated carbocycles. The zero-order valence-corrected chi connectivity index (χ0v) is 9.02. The van der Waals surface area contributed by atoms with Gasteiger partial charge in [0.05, 0.1) is 0 Å². The molecule has 100 valence electrons. The van der Waals surface area contributed by atoms with Gasteiger partial charge in [-0.2, -0.15) is 25.9 Å². The third-order valence-corrected chi connectivity index (χ3v) is 3.21. The highest BCUT2D eigenvalue weighted by atomic mass is 32.2. The maximum absolute atomic E-state index is 12.7. The van der Waals surface area contributed by atoms with Gasteiger partial charge in [0.1, 0.15) is 6.17 Å². The molecule has 0 aromatic carbocycles. The van der Waals surface area contributed by atoms with Crippen molar-refractivity contribution in [1.29, 1.82) is 0 Å². The van der Waals surface area contributed by atoms with Crippen LogP contribution in [0.1, 0.15) is 6.42 Å². The summed E-state index contributed by atoms with van der Waals surface area (Å²) >= 11 is 0. The average molecular weight is 280 g/mol. The third kappa shape index (κ3) is 3.78. The van der Waals surface area contributed by atoms with E-state index in [1.54, 1.807) is 0 Å². The van der Waals surface area contributed by atoms with Crippen LogP contribution in [0.15, 0.2) is 0 Å². The number of rotatable bonds is 3. The van der Waals surface area contributed by atoms with Crippen molar-refractivity contribution >= 4 is 16.2 Å². The monoisotopic (exact) mass is 280 g/mol. The topological polar surface area (TPSA) is 75.7 Å². The first kappa shape index (κ1) is 14.1. The van der Waals surface area contributed by atoms with Crippen molar-refractivity contribution in [2.45, 2.75) is 18.8 Å². The molecule has 1 saturated heterocycles. The van der Waals surface area contributed by atoms with Crippen LogP contribution in [0.25, 0.3) is 0 Å². The van der Waals surface area contributed by atoms with Crippen LogP contribution in [0.5, 0.6) is 0 Å². The molecule has 0 spiro atoms. The van der Waals surface area contributed by atoms with Crippen LogP contribution in [-0.4, -0.2) is 44.1 Å². The Morgan fingerprint density at radius 2 is 2.00 bits per heavy atom. The highest BCUT2D eigenvalue weighted by Crippen LogP contribution is 2.17. The van der Waals surface area contributed by atoms with E-state index >= 15 is 0 Å². The number of carbonyl (C=O) groups excluding carboxylic acids is 1. The largest absolute Gasteiger partial charge is 0.492 e. The summed E-state index contributed by atoms with van der Waals surface area (Å²) < 4.78 is 70.7. The van der Waals surface area contributed by atoms with Crippen molar-refractivity contribution in [2.75, 3.05) is 13.1 Å². The summed E-state index contributed by atoms with van der Waals surface area (Å²) in [6.07, 6.45) is -6.76. The number of carbonyl (C=O) groups is 1. The molecule has 1 rings (SSSR count). The van der Waals surface area contributed by atoms with Crippen LogP contribution >= 0.6 is 0 Å². The average Bonchev–Trinajstić information content (AvgIpc) is 2.60. The zero-order valence-electron chi connectivity index (χ0n) is 8.20. The molecule has 1 atom stereocenters. The number of halogens is 4. The van der Waals surface area contributed by atoms with Gasteiger partial charge in [-0.1, -0.05) is 0 Å². The predicted octanol–water partition coefficient (Wildman–Crippen LogP) is -0.115. The van der Waals surface area contributed by atoms with E-state index in [-0.39, 0.29) is 13.0 Å². The Labute approximate surface area is 93.7 Å². The number of nitrogens with one attached hydrogen (secondary N) is 1. The highest BCUT2D eigenvalue weighted by Gasteiger charge is 2.43. The van der Waals surface area contributed by atoms with Crippen molar-refractivity contribution in [2.24, 2.45) is 0 Å². The Kier molecular flexibility index (Phi) is 3.94. The van der Waals surface area contributed by atoms with Gasteiger partial charge < -0.3 is 4.84 Å². The Hall–Kier alpha value is -0.940. The number of hydrogen-bond acceptors (Lipinski definition) is 4. The van der Waals surface area contributed by atoms with Crippen molar-refractivity contribution in [3.63, 3.8) is 0 Å². The maximum Gasteiger partial charge on any atom is 0.492 e. The van der Waals surface area contributed by atoms with E-state index in [0.29, 0.717) is 4.31 Å². The fourth-order valence-corrected chi connectivity index (χ4v) is 2.10. The zero-order chi connectivity index (χ0) is 13.3. The van der Waals surface area contributed by atoms with Crippen molar-refractivity contribution in [1.82, 2.24) is 9.19 Å². The Morgan fingerprint density at radius 3 is 2.41 bits per heavy atom. The second-order valence-corrected chi connectivity index (χ2v) is 4.85. The summed E-state index contributed by atoms with van der Waals surface area (Å²) in [6, 6.07) is 0. The first-order chi connectivity index (χ1) is 7.63. The van der Waals surface area contributed by atoms with E-state index in [0.717, 1.165) is 4.89 Å². The Bertz CT molecular complexity index is 395. The van der Waals surface area contributed by atoms with Crippen LogP contribution in [-0.2, 0) is 19.8 Å². The van der Waals surface area contributed by atoms with Gasteiger partial charge in [0, 0.05) is 13.1 Å². The molecule has 6 nitrogen and oxygen atoms in total. The third-order valence-electron chi connectivity index (χ3n) is 1.90. The second kappa shape index (κ2) is 4.74. The molecule has 0 radical (unpaired) electrons. The maximum atomic E-state index is 12.7. The fourth-order valence-electron chi connectivity index (χ4n) is 1.11. The molecule has 1 N–H and O–H groups in total. The molecule has 1 aliphatic rings. The van der Waals surface area contributed by atoms with Crippen molar-refractivity contribution < 1.29 is 35.6 Å². The SMILES string of the molecule is O=C(ONS(=O)(=O)N1CCC(F)C1)C(F)(F)F. The van der Waals surface area contributed by atoms with Gasteiger partial charge in [-0.25, -0.2) is 9.18 Å². The quantitative estimate of drug-likeness (QED) is 0.578. The number of hydrogen-bond donors (Lipinski definition) is 1. The molecule has 0 amide bonds. The summed E-state index contributed by atoms with van der Waals surface area (Å²) in [5.74, 6) is -2.70. The first-order valence-corrected chi connectivity index (χ1v) is 5.76. The molecule has 0 aliphatic carbocycles. The van der Waals surface area contributed by atoms with E-state index in [2.05, 4.69) is 4.84 Å². The standard InChI is InChI=1S/C6H8F4N2O4S/c7-4-1-2-12(3-4)17(14,15)11-16-5(13)6(8,9)10/h4,11H,1-3H2. The van der Waals surface area contributed by atoms with Gasteiger partial charge in [0.15, 0.2) is 0 Å². The number of alkyl halides is 4. The lowest BCUT2D eigenvalue weighted by atomic mass is 10.4. The van der Waals surface area contributed by atoms with E-state index in [1.807, 2.05) is 0 Å². The summed E-state index contributed by atoms with van der Waals surface area (Å²) in [6.45, 7) is -0.682. The summed E-state index contributed by atoms with van der Waals surface area (Å²) in [7, 11) is -4.45. The summed E-state index contributed by atoms with van der Waals surface area (Å²) in [4.78, 5) is 14.6. The lowest BCUT2D eigenvalue weighted by Crippen LogP contribution is -2.42. The van der Waals surface area contributed by atoms with E-state index in [1.165, 1.54) is 0 Å². The predicted molar refractivity (Wildman–Crippen MR) is 45.3 cm³/mol. The van der Waals surface area contributed by atoms with Crippen LogP contribution in [0.2, 0.25) is 0 Å². The molecule has 1 fully saturated rings. The van der Waals surface area contributed by atoms with Gasteiger partial charge in [-0.3, -0.25) is 0 Å². The van der Waals surface area contributed by atoms with Crippen LogP contribution < -0.4 is 4.89 Å². The number of nitrogens with zero attached hydrogens (tertiary/aromatic N) is 1. The normalized spacial score (nSPS) is 22.7. The lowest BCUT2D eigenvalue weighted by Gasteiger charge is -2.15. The van der Waals surface area contributed by atoms with Gasteiger partial charge in [-0.05, 0) is 11.3 Å². The smallest absolute Gasteiger partial charge is 0.347 e. The van der Waals surface area contributed by atoms with Crippen molar-refractivity contribution in [3.8, 4) is 0 Å². The Balaban J connectivity index is 2.54. The molecular formula is C6H8F4N2O4S. The molecule has 0 aromatic rings. The minimum atomic E-state index is -5.31. The molecular weight excluding hydrogens is 272 g/mol. The van der Waals surface area contributed by atoms with E-state index in [9.17, 15) is 30.8 Å². The minimum Gasteiger partial charge on any atom is -0.347 e. The van der Waals surface area contributed by atoms with Crippen LogP contribution in [0.3, 0.4) is 0 Å². The van der Waals surface area contributed by atoms with Crippen LogP contribution in [0.4, 0.5) is 17.6 Å². The lowest BCUT2D eigenvalue weighted by molar-refractivity contribution is -0.203. The molecule has 1 unspecified atom stereocenters. The molecule has 0 bridgehead atoms. The molecule has 1 heterocycles. The molecule has 0 aromatic heterocycles. The van der Waals surface area contributed by atoms with Crippen LogP contribution in [0, 0.1) is 0 Å². The van der Waals surface area contributed by atoms with Gasteiger partial charge in [-0.15, -0.1) is 0 Å². The second-order valence-electron chi connectivity index (χ2n) is 3.22. The van der Waals surface area contributed by atoms with Gasteiger partial charge in [0.25, 0.3) is 0 Å². The van der Waals surface area contributed by atoms with E-state index in [4.69, 9.17) is 0 Å². The van der Waals surface area contributed by atoms with E-state index < -0.39 is 35.1 Å². The van der Waals surface area contributed by atoms with Gasteiger partial charge in [0.2, 0.25) is 0 Å². The molecule has 11 heteroatoms.